The number of hydrogen-bond donors (Lipinski definition) is 0. The maximum Gasteiger partial charge on any atom is 0.324 e. The molecule has 0 aliphatic carbocycles. The van der Waals surface area contributed by atoms with E-state index in [0.29, 0.717) is 6.61 Å². The zero-order valence-electron chi connectivity index (χ0n) is 11.0. The van der Waals surface area contributed by atoms with Crippen LogP contribution in [0.2, 0.25) is 5.28 Å². The Morgan fingerprint density at radius 2 is 1.95 bits per heavy atom. The fourth-order valence-electron chi connectivity index (χ4n) is 1.42. The van der Waals surface area contributed by atoms with E-state index >= 15 is 0 Å². The first-order valence-electron chi connectivity index (χ1n) is 5.98. The van der Waals surface area contributed by atoms with Crippen LogP contribution >= 0.6 is 27.5 Å². The molecular weight excluding hydrogens is 346 g/mol. The lowest BCUT2D eigenvalue weighted by atomic mass is 10.2. The van der Waals surface area contributed by atoms with Gasteiger partial charge in [-0.2, -0.15) is 9.97 Å². The van der Waals surface area contributed by atoms with Gasteiger partial charge in [0.25, 0.3) is 0 Å². The normalized spacial score (nSPS) is 10.7. The van der Waals surface area contributed by atoms with Gasteiger partial charge in [0.15, 0.2) is 0 Å². The number of halogens is 2. The molecule has 20 heavy (non-hydrogen) atoms. The van der Waals surface area contributed by atoms with Crippen molar-refractivity contribution in [2.75, 3.05) is 0 Å². The van der Waals surface area contributed by atoms with E-state index in [0.717, 1.165) is 10.0 Å². The lowest BCUT2D eigenvalue weighted by Gasteiger charge is -2.09. The Morgan fingerprint density at radius 1 is 1.20 bits per heavy atom. The number of benzene rings is 1. The summed E-state index contributed by atoms with van der Waals surface area (Å²) in [6.07, 6.45) is -0.0496. The van der Waals surface area contributed by atoms with Gasteiger partial charge >= 0.3 is 12.0 Å². The highest BCUT2D eigenvalue weighted by Crippen LogP contribution is 2.17. The van der Waals surface area contributed by atoms with Crippen molar-refractivity contribution >= 4 is 27.5 Å². The summed E-state index contributed by atoms with van der Waals surface area (Å²) in [5.74, 6) is 0. The van der Waals surface area contributed by atoms with Gasteiger partial charge in [-0.1, -0.05) is 28.1 Å². The predicted octanol–water partition coefficient (Wildman–Crippen LogP) is 3.65. The monoisotopic (exact) mass is 357 g/mol. The van der Waals surface area contributed by atoms with Crippen LogP contribution in [0.25, 0.3) is 0 Å². The second-order valence-corrected chi connectivity index (χ2v) is 5.51. The molecule has 1 aromatic heterocycles. The minimum absolute atomic E-state index is 0.0416. The topological polar surface area (TPSA) is 57.1 Å². The molecule has 0 N–H and O–H groups in total. The van der Waals surface area contributed by atoms with Crippen molar-refractivity contribution in [3.63, 3.8) is 0 Å². The van der Waals surface area contributed by atoms with Crippen molar-refractivity contribution < 1.29 is 9.47 Å². The highest BCUT2D eigenvalue weighted by atomic mass is 79.9. The predicted molar refractivity (Wildman–Crippen MR) is 79.1 cm³/mol. The van der Waals surface area contributed by atoms with Crippen molar-refractivity contribution in [3.8, 4) is 12.0 Å². The molecule has 0 amide bonds. The van der Waals surface area contributed by atoms with E-state index in [1.54, 1.807) is 0 Å². The third-order valence-corrected chi connectivity index (χ3v) is 2.83. The summed E-state index contributed by atoms with van der Waals surface area (Å²) in [6, 6.07) is 8.06. The maximum atomic E-state index is 5.81. The molecule has 0 bridgehead atoms. The summed E-state index contributed by atoms with van der Waals surface area (Å²) in [5, 5.41) is 0.0416. The fourth-order valence-corrected chi connectivity index (χ4v) is 2.01. The summed E-state index contributed by atoms with van der Waals surface area (Å²) in [6.45, 7) is 4.08. The van der Waals surface area contributed by atoms with E-state index in [1.807, 2.05) is 38.1 Å². The molecule has 0 fully saturated rings. The van der Waals surface area contributed by atoms with E-state index in [4.69, 9.17) is 21.1 Å². The van der Waals surface area contributed by atoms with E-state index in [9.17, 15) is 0 Å². The van der Waals surface area contributed by atoms with E-state index in [2.05, 4.69) is 30.9 Å². The number of hydrogen-bond acceptors (Lipinski definition) is 5. The van der Waals surface area contributed by atoms with Gasteiger partial charge in [0.2, 0.25) is 5.28 Å². The average molecular weight is 359 g/mol. The van der Waals surface area contributed by atoms with Crippen molar-refractivity contribution in [2.24, 2.45) is 0 Å². The van der Waals surface area contributed by atoms with Crippen LogP contribution in [-0.2, 0) is 6.61 Å². The highest BCUT2D eigenvalue weighted by Gasteiger charge is 2.09. The first-order chi connectivity index (χ1) is 9.52. The molecule has 1 heterocycles. The van der Waals surface area contributed by atoms with Gasteiger partial charge in [-0.05, 0) is 43.1 Å². The first kappa shape index (κ1) is 15.0. The molecule has 2 aromatic rings. The highest BCUT2D eigenvalue weighted by molar-refractivity contribution is 9.10. The molecule has 1 aromatic carbocycles. The quantitative estimate of drug-likeness (QED) is 0.816. The average Bonchev–Trinajstić information content (AvgIpc) is 2.35. The largest absolute Gasteiger partial charge is 0.461 e. The number of ether oxygens (including phenoxy) is 2. The fraction of sp³-hybridized carbons (Fsp3) is 0.308. The molecule has 2 rings (SSSR count). The van der Waals surface area contributed by atoms with Crippen LogP contribution in [0, 0.1) is 0 Å². The second-order valence-electron chi connectivity index (χ2n) is 4.25. The zero-order chi connectivity index (χ0) is 14.5. The summed E-state index contributed by atoms with van der Waals surface area (Å²) >= 11 is 9.21. The summed E-state index contributed by atoms with van der Waals surface area (Å²) in [4.78, 5) is 11.8. The van der Waals surface area contributed by atoms with Gasteiger partial charge in [-0.15, -0.1) is 4.98 Å². The Bertz CT molecular complexity index is 596. The molecule has 0 spiro atoms. The molecular formula is C13H13BrClN3O2. The van der Waals surface area contributed by atoms with Crippen LogP contribution in [-0.4, -0.2) is 21.1 Å². The van der Waals surface area contributed by atoms with Crippen molar-refractivity contribution in [1.29, 1.82) is 0 Å². The molecule has 0 unspecified atom stereocenters. The Labute approximate surface area is 130 Å². The Balaban J connectivity index is 2.07. The van der Waals surface area contributed by atoms with Crippen LogP contribution < -0.4 is 9.47 Å². The first-order valence-corrected chi connectivity index (χ1v) is 7.15. The number of aromatic nitrogens is 3. The summed E-state index contributed by atoms with van der Waals surface area (Å²) in [5.41, 5.74) is 0.988. The van der Waals surface area contributed by atoms with Crippen LogP contribution in [0.5, 0.6) is 12.0 Å². The van der Waals surface area contributed by atoms with Gasteiger partial charge in [0, 0.05) is 4.47 Å². The van der Waals surface area contributed by atoms with E-state index < -0.39 is 0 Å². The summed E-state index contributed by atoms with van der Waals surface area (Å²) in [7, 11) is 0. The lowest BCUT2D eigenvalue weighted by Crippen LogP contribution is -2.10. The van der Waals surface area contributed by atoms with Gasteiger partial charge in [-0.25, -0.2) is 0 Å². The standard InChI is InChI=1S/C13H13BrClN3O2/c1-8(2)20-13-17-11(15)16-12(18-13)19-7-9-4-3-5-10(14)6-9/h3-6,8H,7H2,1-2H3. The molecule has 0 aliphatic rings. The van der Waals surface area contributed by atoms with Gasteiger partial charge in [0.05, 0.1) is 6.10 Å². The van der Waals surface area contributed by atoms with Gasteiger partial charge < -0.3 is 9.47 Å². The second kappa shape index (κ2) is 6.85. The van der Waals surface area contributed by atoms with Crippen molar-refractivity contribution in [1.82, 2.24) is 15.0 Å². The maximum absolute atomic E-state index is 5.81. The van der Waals surface area contributed by atoms with Crippen molar-refractivity contribution in [3.05, 3.63) is 39.6 Å². The van der Waals surface area contributed by atoms with Gasteiger partial charge in [-0.3, -0.25) is 0 Å². The Morgan fingerprint density at radius 3 is 2.65 bits per heavy atom. The summed E-state index contributed by atoms with van der Waals surface area (Å²) < 4.78 is 11.9. The molecule has 5 nitrogen and oxygen atoms in total. The zero-order valence-corrected chi connectivity index (χ0v) is 13.3. The van der Waals surface area contributed by atoms with E-state index in [1.165, 1.54) is 0 Å². The third kappa shape index (κ3) is 4.61. The Kier molecular flexibility index (Phi) is 5.14. The molecule has 7 heteroatoms. The van der Waals surface area contributed by atoms with Crippen LogP contribution in [0.4, 0.5) is 0 Å². The molecule has 0 aliphatic heterocycles. The smallest absolute Gasteiger partial charge is 0.324 e. The SMILES string of the molecule is CC(C)Oc1nc(Cl)nc(OCc2cccc(Br)c2)n1. The van der Waals surface area contributed by atoms with Crippen LogP contribution in [0.3, 0.4) is 0 Å². The van der Waals surface area contributed by atoms with Crippen LogP contribution in [0.15, 0.2) is 28.7 Å². The minimum Gasteiger partial charge on any atom is -0.461 e. The molecule has 0 radical (unpaired) electrons. The third-order valence-electron chi connectivity index (χ3n) is 2.17. The number of rotatable bonds is 5. The lowest BCUT2D eigenvalue weighted by molar-refractivity contribution is 0.211. The Hall–Kier alpha value is -1.40. The van der Waals surface area contributed by atoms with Gasteiger partial charge in [0.1, 0.15) is 6.61 Å². The molecule has 0 atom stereocenters. The van der Waals surface area contributed by atoms with E-state index in [-0.39, 0.29) is 23.4 Å². The van der Waals surface area contributed by atoms with Crippen molar-refractivity contribution in [2.45, 2.75) is 26.6 Å². The minimum atomic E-state index is -0.0496. The molecule has 0 saturated heterocycles. The molecule has 106 valence electrons. The molecule has 0 saturated carbocycles. The number of nitrogens with zero attached hydrogens (tertiary/aromatic N) is 3. The van der Waals surface area contributed by atoms with Crippen LogP contribution in [0.1, 0.15) is 19.4 Å².